The Morgan fingerprint density at radius 2 is 1.46 bits per heavy atom. The molecule has 1 aromatic rings. The standard InChI is InChI=1S/C16H12O8/c17-12(18)10-5-2-1-4-8(10)9-6-3-7-16(14(21)22,15(23)24)11(9)13(19)20/h1-6H,7H2,(H,17,18)(H,19,20)(H,21,22)(H,23,24). The van der Waals surface area contributed by atoms with Crippen LogP contribution in [0.2, 0.25) is 0 Å². The Kier molecular flexibility index (Phi) is 4.23. The molecule has 8 heteroatoms. The van der Waals surface area contributed by atoms with Crippen LogP contribution in [0.5, 0.6) is 0 Å². The molecule has 0 atom stereocenters. The highest BCUT2D eigenvalue weighted by molar-refractivity contribution is 6.16. The summed E-state index contributed by atoms with van der Waals surface area (Å²) >= 11 is 0. The SMILES string of the molecule is O=C(O)C1=C(c2ccccc2C(=O)O)C=CCC1(C(=O)O)C(=O)O. The molecule has 124 valence electrons. The Balaban J connectivity index is 2.91. The van der Waals surface area contributed by atoms with Crippen LogP contribution in [0, 0.1) is 5.41 Å². The maximum Gasteiger partial charge on any atom is 0.336 e. The van der Waals surface area contributed by atoms with Crippen molar-refractivity contribution < 1.29 is 39.6 Å². The molecule has 2 rings (SSSR count). The molecule has 0 fully saturated rings. The number of hydrogen-bond donors (Lipinski definition) is 4. The van der Waals surface area contributed by atoms with Gasteiger partial charge in [-0.3, -0.25) is 9.59 Å². The summed E-state index contributed by atoms with van der Waals surface area (Å²) in [5.74, 6) is -6.75. The normalized spacial score (nSPS) is 15.8. The van der Waals surface area contributed by atoms with Crippen LogP contribution in [0.3, 0.4) is 0 Å². The molecule has 0 aromatic heterocycles. The van der Waals surface area contributed by atoms with Crippen LogP contribution in [0.1, 0.15) is 22.3 Å². The first-order valence-electron chi connectivity index (χ1n) is 6.67. The fourth-order valence-corrected chi connectivity index (χ4v) is 2.68. The van der Waals surface area contributed by atoms with Gasteiger partial charge in [0.15, 0.2) is 0 Å². The van der Waals surface area contributed by atoms with Crippen LogP contribution in [0.15, 0.2) is 42.0 Å². The molecule has 0 heterocycles. The zero-order valence-electron chi connectivity index (χ0n) is 12.1. The van der Waals surface area contributed by atoms with Crippen molar-refractivity contribution in [2.24, 2.45) is 5.41 Å². The molecule has 24 heavy (non-hydrogen) atoms. The molecule has 1 aliphatic carbocycles. The van der Waals surface area contributed by atoms with E-state index in [-0.39, 0.29) is 16.7 Å². The van der Waals surface area contributed by atoms with Gasteiger partial charge < -0.3 is 20.4 Å². The highest BCUT2D eigenvalue weighted by Crippen LogP contribution is 2.42. The second-order valence-corrected chi connectivity index (χ2v) is 5.07. The fraction of sp³-hybridized carbons (Fsp3) is 0.125. The van der Waals surface area contributed by atoms with E-state index in [0.717, 1.165) is 0 Å². The Bertz CT molecular complexity index is 801. The molecule has 1 aromatic carbocycles. The highest BCUT2D eigenvalue weighted by Gasteiger charge is 2.54. The minimum absolute atomic E-state index is 0.0646. The summed E-state index contributed by atoms with van der Waals surface area (Å²) in [6.07, 6.45) is 1.88. The molecule has 1 aliphatic rings. The van der Waals surface area contributed by atoms with Gasteiger partial charge in [-0.15, -0.1) is 0 Å². The second-order valence-electron chi connectivity index (χ2n) is 5.07. The Labute approximate surface area is 135 Å². The average Bonchev–Trinajstić information content (AvgIpc) is 2.53. The van der Waals surface area contributed by atoms with E-state index in [2.05, 4.69) is 0 Å². The lowest BCUT2D eigenvalue weighted by molar-refractivity contribution is -0.163. The van der Waals surface area contributed by atoms with E-state index in [0.29, 0.717) is 0 Å². The van der Waals surface area contributed by atoms with E-state index in [9.17, 15) is 39.6 Å². The van der Waals surface area contributed by atoms with Gasteiger partial charge in [0.25, 0.3) is 0 Å². The van der Waals surface area contributed by atoms with Crippen molar-refractivity contribution in [3.63, 3.8) is 0 Å². The summed E-state index contributed by atoms with van der Waals surface area (Å²) in [6, 6.07) is 5.38. The first-order valence-corrected chi connectivity index (χ1v) is 6.67. The molecule has 0 aliphatic heterocycles. The van der Waals surface area contributed by atoms with E-state index in [4.69, 9.17) is 0 Å². The fourth-order valence-electron chi connectivity index (χ4n) is 2.68. The van der Waals surface area contributed by atoms with Gasteiger partial charge in [0.2, 0.25) is 5.41 Å². The van der Waals surface area contributed by atoms with Crippen LogP contribution >= 0.6 is 0 Å². The zero-order chi connectivity index (χ0) is 18.1. The summed E-state index contributed by atoms with van der Waals surface area (Å²) in [5, 5.41) is 37.5. The molecule has 4 N–H and O–H groups in total. The number of hydrogen-bond acceptors (Lipinski definition) is 4. The van der Waals surface area contributed by atoms with Crippen LogP contribution in [-0.4, -0.2) is 44.3 Å². The Morgan fingerprint density at radius 1 is 0.875 bits per heavy atom. The van der Waals surface area contributed by atoms with Crippen LogP contribution in [-0.2, 0) is 14.4 Å². The third-order valence-electron chi connectivity index (χ3n) is 3.80. The van der Waals surface area contributed by atoms with E-state index in [1.165, 1.54) is 36.4 Å². The summed E-state index contributed by atoms with van der Waals surface area (Å²) in [6.45, 7) is 0. The molecule has 8 nitrogen and oxygen atoms in total. The molecule has 0 unspecified atom stereocenters. The first-order chi connectivity index (χ1) is 11.2. The molecule has 0 bridgehead atoms. The van der Waals surface area contributed by atoms with E-state index < -0.39 is 41.3 Å². The summed E-state index contributed by atoms with van der Waals surface area (Å²) in [5.41, 5.74) is -4.15. The van der Waals surface area contributed by atoms with Crippen molar-refractivity contribution in [1.82, 2.24) is 0 Å². The van der Waals surface area contributed by atoms with Gasteiger partial charge in [-0.1, -0.05) is 30.4 Å². The maximum absolute atomic E-state index is 11.7. The minimum atomic E-state index is -2.69. The van der Waals surface area contributed by atoms with Crippen LogP contribution in [0.25, 0.3) is 5.57 Å². The predicted octanol–water partition coefficient (Wildman–Crippen LogP) is 1.34. The monoisotopic (exact) mass is 332 g/mol. The van der Waals surface area contributed by atoms with Gasteiger partial charge >= 0.3 is 23.9 Å². The van der Waals surface area contributed by atoms with Gasteiger partial charge in [0.05, 0.1) is 11.1 Å². The quantitative estimate of drug-likeness (QED) is 0.590. The van der Waals surface area contributed by atoms with E-state index in [1.54, 1.807) is 0 Å². The van der Waals surface area contributed by atoms with Gasteiger partial charge in [-0.05, 0) is 23.6 Å². The highest BCUT2D eigenvalue weighted by atomic mass is 16.4. The van der Waals surface area contributed by atoms with E-state index in [1.807, 2.05) is 0 Å². The van der Waals surface area contributed by atoms with Crippen molar-refractivity contribution >= 4 is 29.5 Å². The molecule has 0 amide bonds. The maximum atomic E-state index is 11.7. The van der Waals surface area contributed by atoms with Crippen LogP contribution < -0.4 is 0 Å². The third kappa shape index (κ3) is 2.43. The van der Waals surface area contributed by atoms with Gasteiger partial charge in [0, 0.05) is 0 Å². The van der Waals surface area contributed by atoms with Crippen molar-refractivity contribution in [1.29, 1.82) is 0 Å². The topological polar surface area (TPSA) is 149 Å². The molecule has 0 saturated heterocycles. The molecule has 0 radical (unpaired) electrons. The molecular weight excluding hydrogens is 320 g/mol. The predicted molar refractivity (Wildman–Crippen MR) is 79.4 cm³/mol. The second kappa shape index (κ2) is 5.99. The number of aliphatic carboxylic acids is 3. The van der Waals surface area contributed by atoms with Gasteiger partial charge in [-0.2, -0.15) is 0 Å². The molecule has 0 saturated carbocycles. The van der Waals surface area contributed by atoms with E-state index >= 15 is 0 Å². The van der Waals surface area contributed by atoms with Gasteiger partial charge in [0.1, 0.15) is 0 Å². The number of carboxylic acid groups (broad SMARTS) is 4. The number of allylic oxidation sites excluding steroid dienone is 3. The lowest BCUT2D eigenvalue weighted by atomic mass is 9.70. The first kappa shape index (κ1) is 16.9. The largest absolute Gasteiger partial charge is 0.480 e. The minimum Gasteiger partial charge on any atom is -0.480 e. The smallest absolute Gasteiger partial charge is 0.336 e. The number of carboxylic acids is 4. The lowest BCUT2D eigenvalue weighted by Gasteiger charge is -2.29. The third-order valence-corrected chi connectivity index (χ3v) is 3.80. The summed E-state index contributed by atoms with van der Waals surface area (Å²) in [7, 11) is 0. The lowest BCUT2D eigenvalue weighted by Crippen LogP contribution is -2.44. The number of aromatic carboxylic acids is 1. The summed E-state index contributed by atoms with van der Waals surface area (Å²) < 4.78 is 0. The molecule has 0 spiro atoms. The Hall–Kier alpha value is -3.42. The van der Waals surface area contributed by atoms with Crippen molar-refractivity contribution in [3.8, 4) is 0 Å². The number of benzene rings is 1. The molecular formula is C16H12O8. The van der Waals surface area contributed by atoms with Crippen LogP contribution in [0.4, 0.5) is 0 Å². The number of rotatable bonds is 5. The zero-order valence-corrected chi connectivity index (χ0v) is 12.1. The van der Waals surface area contributed by atoms with Crippen molar-refractivity contribution in [2.75, 3.05) is 0 Å². The van der Waals surface area contributed by atoms with Crippen molar-refractivity contribution in [3.05, 3.63) is 53.1 Å². The average molecular weight is 332 g/mol. The number of carbonyl (C=O) groups is 4. The Morgan fingerprint density at radius 3 is 1.96 bits per heavy atom. The van der Waals surface area contributed by atoms with Crippen molar-refractivity contribution in [2.45, 2.75) is 6.42 Å². The van der Waals surface area contributed by atoms with Gasteiger partial charge in [-0.25, -0.2) is 9.59 Å². The summed E-state index contributed by atoms with van der Waals surface area (Å²) in [4.78, 5) is 46.2.